The van der Waals surface area contributed by atoms with Gasteiger partial charge in [-0.1, -0.05) is 13.8 Å². The molecule has 0 aromatic carbocycles. The molecule has 1 amide bonds. The van der Waals surface area contributed by atoms with Crippen molar-refractivity contribution in [2.75, 3.05) is 26.2 Å². The number of hydrogen-bond acceptors (Lipinski definition) is 4. The normalized spacial score (nSPS) is 20.8. The third-order valence-electron chi connectivity index (χ3n) is 3.79. The van der Waals surface area contributed by atoms with Gasteiger partial charge in [0.15, 0.2) is 0 Å². The summed E-state index contributed by atoms with van der Waals surface area (Å²) >= 11 is 0. The van der Waals surface area contributed by atoms with Gasteiger partial charge in [-0.15, -0.1) is 0 Å². The summed E-state index contributed by atoms with van der Waals surface area (Å²) in [5.41, 5.74) is 5.76. The number of amides is 1. The molecule has 110 valence electrons. The number of nitrogens with two attached hydrogens (primary N) is 1. The summed E-state index contributed by atoms with van der Waals surface area (Å²) in [4.78, 5) is 26.7. The van der Waals surface area contributed by atoms with Crippen molar-refractivity contribution in [3.05, 3.63) is 0 Å². The van der Waals surface area contributed by atoms with Gasteiger partial charge in [0, 0.05) is 25.6 Å². The summed E-state index contributed by atoms with van der Waals surface area (Å²) in [5, 5.41) is 8.60. The van der Waals surface area contributed by atoms with E-state index >= 15 is 0 Å². The lowest BCUT2D eigenvalue weighted by molar-refractivity contribution is -0.137. The Morgan fingerprint density at radius 1 is 1.42 bits per heavy atom. The number of carboxylic acid groups (broad SMARTS) is 1. The van der Waals surface area contributed by atoms with Crippen molar-refractivity contribution < 1.29 is 14.7 Å². The van der Waals surface area contributed by atoms with Crippen LogP contribution in [0, 0.1) is 0 Å². The number of likely N-dealkylation sites (tertiary alicyclic amines) is 1. The molecule has 1 fully saturated rings. The van der Waals surface area contributed by atoms with Gasteiger partial charge >= 0.3 is 5.97 Å². The monoisotopic (exact) mass is 271 g/mol. The van der Waals surface area contributed by atoms with Crippen LogP contribution in [-0.4, -0.2) is 65.0 Å². The molecule has 1 saturated heterocycles. The Labute approximate surface area is 114 Å². The number of carboxylic acids is 1. The molecule has 19 heavy (non-hydrogen) atoms. The Balaban J connectivity index is 2.45. The highest BCUT2D eigenvalue weighted by Gasteiger charge is 2.31. The number of aliphatic carboxylic acids is 1. The second kappa shape index (κ2) is 7.45. The average Bonchev–Trinajstić information content (AvgIpc) is 2.86. The molecule has 0 radical (unpaired) electrons. The summed E-state index contributed by atoms with van der Waals surface area (Å²) in [6.07, 6.45) is 1.12. The molecule has 1 rings (SSSR count). The maximum atomic E-state index is 12.1. The molecule has 6 nitrogen and oxygen atoms in total. The van der Waals surface area contributed by atoms with Crippen LogP contribution in [-0.2, 0) is 9.59 Å². The smallest absolute Gasteiger partial charge is 0.303 e. The SMILES string of the molecule is CCN(CC)C1CCN(C(=O)C(N)CCC(=O)O)C1. The van der Waals surface area contributed by atoms with Crippen LogP contribution in [0.2, 0.25) is 0 Å². The van der Waals surface area contributed by atoms with E-state index in [2.05, 4.69) is 18.7 Å². The zero-order valence-corrected chi connectivity index (χ0v) is 11.8. The molecule has 0 aliphatic carbocycles. The summed E-state index contributed by atoms with van der Waals surface area (Å²) in [6, 6.07) is -0.280. The fourth-order valence-corrected chi connectivity index (χ4v) is 2.62. The van der Waals surface area contributed by atoms with E-state index in [1.54, 1.807) is 4.90 Å². The number of hydrogen-bond donors (Lipinski definition) is 2. The molecule has 0 aromatic rings. The third-order valence-corrected chi connectivity index (χ3v) is 3.79. The average molecular weight is 271 g/mol. The first-order valence-corrected chi connectivity index (χ1v) is 6.99. The lowest BCUT2D eigenvalue weighted by Gasteiger charge is -2.26. The molecule has 2 atom stereocenters. The van der Waals surface area contributed by atoms with Gasteiger partial charge in [-0.05, 0) is 25.9 Å². The van der Waals surface area contributed by atoms with Crippen molar-refractivity contribution >= 4 is 11.9 Å². The van der Waals surface area contributed by atoms with E-state index < -0.39 is 12.0 Å². The molecule has 1 aliphatic rings. The van der Waals surface area contributed by atoms with Gasteiger partial charge in [0.1, 0.15) is 0 Å². The Kier molecular flexibility index (Phi) is 6.24. The Hall–Kier alpha value is -1.14. The van der Waals surface area contributed by atoms with Gasteiger partial charge in [0.25, 0.3) is 0 Å². The van der Waals surface area contributed by atoms with E-state index in [0.29, 0.717) is 12.6 Å². The number of nitrogens with zero attached hydrogens (tertiary/aromatic N) is 2. The highest BCUT2D eigenvalue weighted by molar-refractivity contribution is 5.82. The third kappa shape index (κ3) is 4.47. The van der Waals surface area contributed by atoms with E-state index in [0.717, 1.165) is 26.1 Å². The van der Waals surface area contributed by atoms with E-state index in [4.69, 9.17) is 10.8 Å². The number of carbonyl (C=O) groups is 2. The van der Waals surface area contributed by atoms with E-state index in [1.807, 2.05) is 0 Å². The minimum atomic E-state index is -0.911. The van der Waals surface area contributed by atoms with Crippen LogP contribution in [0.4, 0.5) is 0 Å². The first-order valence-electron chi connectivity index (χ1n) is 6.99. The molecular formula is C13H25N3O3. The maximum absolute atomic E-state index is 12.1. The van der Waals surface area contributed by atoms with Gasteiger partial charge in [-0.25, -0.2) is 0 Å². The van der Waals surface area contributed by atoms with Crippen LogP contribution in [0.5, 0.6) is 0 Å². The molecule has 0 spiro atoms. The Morgan fingerprint density at radius 2 is 2.05 bits per heavy atom. The number of carbonyl (C=O) groups excluding carboxylic acids is 1. The molecule has 0 aromatic heterocycles. The molecular weight excluding hydrogens is 246 g/mol. The fraction of sp³-hybridized carbons (Fsp3) is 0.846. The lowest BCUT2D eigenvalue weighted by atomic mass is 10.1. The summed E-state index contributed by atoms with van der Waals surface area (Å²) < 4.78 is 0. The number of likely N-dealkylation sites (N-methyl/N-ethyl adjacent to an activating group) is 1. The van der Waals surface area contributed by atoms with E-state index in [9.17, 15) is 9.59 Å². The molecule has 2 unspecified atom stereocenters. The summed E-state index contributed by atoms with van der Waals surface area (Å²) in [6.45, 7) is 7.63. The van der Waals surface area contributed by atoms with Crippen LogP contribution in [0.1, 0.15) is 33.1 Å². The van der Waals surface area contributed by atoms with Crippen molar-refractivity contribution in [2.24, 2.45) is 5.73 Å². The van der Waals surface area contributed by atoms with Crippen LogP contribution < -0.4 is 5.73 Å². The van der Waals surface area contributed by atoms with Crippen molar-refractivity contribution in [3.8, 4) is 0 Å². The first-order chi connectivity index (χ1) is 8.99. The highest BCUT2D eigenvalue weighted by atomic mass is 16.4. The largest absolute Gasteiger partial charge is 0.481 e. The molecule has 6 heteroatoms. The summed E-state index contributed by atoms with van der Waals surface area (Å²) in [7, 11) is 0. The topological polar surface area (TPSA) is 86.9 Å². The Bertz CT molecular complexity index is 318. The number of rotatable bonds is 7. The van der Waals surface area contributed by atoms with Crippen molar-refractivity contribution in [3.63, 3.8) is 0 Å². The maximum Gasteiger partial charge on any atom is 0.303 e. The standard InChI is InChI=1S/C13H25N3O3/c1-3-15(4-2)10-7-8-16(9-10)13(19)11(14)5-6-12(17)18/h10-11H,3-9,14H2,1-2H3,(H,17,18). The summed E-state index contributed by atoms with van der Waals surface area (Å²) in [5.74, 6) is -1.03. The minimum Gasteiger partial charge on any atom is -0.481 e. The van der Waals surface area contributed by atoms with E-state index in [1.165, 1.54) is 0 Å². The van der Waals surface area contributed by atoms with Crippen LogP contribution in [0.15, 0.2) is 0 Å². The fourth-order valence-electron chi connectivity index (χ4n) is 2.62. The van der Waals surface area contributed by atoms with Crippen molar-refractivity contribution in [1.82, 2.24) is 9.80 Å². The second-order valence-electron chi connectivity index (χ2n) is 4.99. The van der Waals surface area contributed by atoms with E-state index in [-0.39, 0.29) is 18.7 Å². The van der Waals surface area contributed by atoms with Gasteiger partial charge in [-0.2, -0.15) is 0 Å². The van der Waals surface area contributed by atoms with Gasteiger partial charge in [0.2, 0.25) is 5.91 Å². The van der Waals surface area contributed by atoms with Crippen LogP contribution in [0.25, 0.3) is 0 Å². The zero-order valence-electron chi connectivity index (χ0n) is 11.8. The molecule has 1 heterocycles. The zero-order chi connectivity index (χ0) is 14.4. The minimum absolute atomic E-state index is 0.0553. The molecule has 3 N–H and O–H groups in total. The molecule has 0 bridgehead atoms. The van der Waals surface area contributed by atoms with Crippen molar-refractivity contribution in [2.45, 2.75) is 45.2 Å². The lowest BCUT2D eigenvalue weighted by Crippen LogP contribution is -2.45. The quantitative estimate of drug-likeness (QED) is 0.687. The Morgan fingerprint density at radius 3 is 2.58 bits per heavy atom. The second-order valence-corrected chi connectivity index (χ2v) is 4.99. The molecule has 0 saturated carbocycles. The van der Waals surface area contributed by atoms with Crippen LogP contribution >= 0.6 is 0 Å². The van der Waals surface area contributed by atoms with Crippen molar-refractivity contribution in [1.29, 1.82) is 0 Å². The predicted molar refractivity (Wildman–Crippen MR) is 72.8 cm³/mol. The van der Waals surface area contributed by atoms with Gasteiger partial charge in [0.05, 0.1) is 6.04 Å². The van der Waals surface area contributed by atoms with Crippen LogP contribution in [0.3, 0.4) is 0 Å². The first kappa shape index (κ1) is 15.9. The predicted octanol–water partition coefficient (Wildman–Crippen LogP) is 0.121. The van der Waals surface area contributed by atoms with Gasteiger partial charge < -0.3 is 15.7 Å². The molecule has 1 aliphatic heterocycles. The van der Waals surface area contributed by atoms with Gasteiger partial charge in [-0.3, -0.25) is 14.5 Å². The highest BCUT2D eigenvalue weighted by Crippen LogP contribution is 2.16.